The first-order chi connectivity index (χ1) is 16.2. The van der Waals surface area contributed by atoms with Crippen LogP contribution in [0.3, 0.4) is 0 Å². The molecule has 2 aromatic rings. The Labute approximate surface area is 198 Å². The fourth-order valence-electron chi connectivity index (χ4n) is 4.35. The summed E-state index contributed by atoms with van der Waals surface area (Å²) in [5.74, 6) is -0.827. The molecule has 1 aliphatic carbocycles. The zero-order chi connectivity index (χ0) is 24.8. The van der Waals surface area contributed by atoms with Gasteiger partial charge in [0.15, 0.2) is 12.4 Å². The Morgan fingerprint density at radius 3 is 2.21 bits per heavy atom. The van der Waals surface area contributed by atoms with Crippen LogP contribution in [0.25, 0.3) is 0 Å². The second-order valence-corrected chi connectivity index (χ2v) is 9.12. The Kier molecular flexibility index (Phi) is 8.15. The van der Waals surface area contributed by atoms with Gasteiger partial charge in [-0.25, -0.2) is 9.59 Å². The van der Waals surface area contributed by atoms with Crippen molar-refractivity contribution in [1.29, 1.82) is 0 Å². The molecule has 3 rings (SSSR count). The number of hydrogen-bond acceptors (Lipinski definition) is 7. The van der Waals surface area contributed by atoms with Gasteiger partial charge in [0.2, 0.25) is 0 Å². The minimum atomic E-state index is -0.819. The number of hydrogen-bond donors (Lipinski definition) is 0. The molecule has 0 saturated heterocycles. The van der Waals surface area contributed by atoms with Crippen molar-refractivity contribution >= 4 is 23.4 Å². The number of nitrogens with zero attached hydrogens (tertiary/aromatic N) is 1. The number of Topliss-reactive ketones (excluding diaryl/α,β-unsaturated/α-hetero) is 1. The molecule has 0 bridgehead atoms. The van der Waals surface area contributed by atoms with Crippen LogP contribution in [0.2, 0.25) is 0 Å². The van der Waals surface area contributed by atoms with Gasteiger partial charge in [0.25, 0.3) is 5.69 Å². The van der Waals surface area contributed by atoms with Gasteiger partial charge in [-0.05, 0) is 54.9 Å². The van der Waals surface area contributed by atoms with Crippen molar-refractivity contribution in [2.45, 2.75) is 46.1 Å². The van der Waals surface area contributed by atoms with Crippen molar-refractivity contribution < 1.29 is 28.8 Å². The maximum absolute atomic E-state index is 13.0. The summed E-state index contributed by atoms with van der Waals surface area (Å²) in [4.78, 5) is 48.2. The van der Waals surface area contributed by atoms with E-state index in [0.29, 0.717) is 11.8 Å². The molecule has 1 aliphatic rings. The van der Waals surface area contributed by atoms with E-state index in [4.69, 9.17) is 9.47 Å². The molecule has 34 heavy (non-hydrogen) atoms. The highest BCUT2D eigenvalue weighted by Crippen LogP contribution is 2.35. The molecule has 2 aromatic carbocycles. The fourth-order valence-corrected chi connectivity index (χ4v) is 4.35. The van der Waals surface area contributed by atoms with E-state index in [9.17, 15) is 24.5 Å². The number of nitro benzene ring substituents is 1. The van der Waals surface area contributed by atoms with E-state index in [2.05, 4.69) is 20.8 Å². The lowest BCUT2D eigenvalue weighted by molar-refractivity contribution is -0.384. The number of rotatable bonds is 8. The lowest BCUT2D eigenvalue weighted by Crippen LogP contribution is -2.36. The summed E-state index contributed by atoms with van der Waals surface area (Å²) in [5, 5.41) is 10.7. The first-order valence-electron chi connectivity index (χ1n) is 11.4. The van der Waals surface area contributed by atoms with E-state index >= 15 is 0 Å². The molecule has 1 fully saturated rings. The molecule has 0 amide bonds. The largest absolute Gasteiger partial charge is 0.458 e. The van der Waals surface area contributed by atoms with Crippen molar-refractivity contribution in [2.75, 3.05) is 6.61 Å². The summed E-state index contributed by atoms with van der Waals surface area (Å²) in [6.07, 6.45) is 2.66. The van der Waals surface area contributed by atoms with Gasteiger partial charge in [0, 0.05) is 17.7 Å². The number of ketones is 1. The van der Waals surface area contributed by atoms with Gasteiger partial charge in [-0.1, -0.05) is 39.3 Å². The van der Waals surface area contributed by atoms with E-state index < -0.39 is 29.3 Å². The Balaban J connectivity index is 1.67. The molecular weight excluding hydrogens is 438 g/mol. The fraction of sp³-hybridized carbons (Fsp3) is 0.423. The number of carbonyl (C=O) groups excluding carboxylic acids is 3. The minimum absolute atomic E-state index is 0.0222. The predicted molar refractivity (Wildman–Crippen MR) is 125 cm³/mol. The lowest BCUT2D eigenvalue weighted by atomic mass is 9.75. The van der Waals surface area contributed by atoms with Gasteiger partial charge in [-0.3, -0.25) is 14.9 Å². The predicted octanol–water partition coefficient (Wildman–Crippen LogP) is 5.25. The van der Waals surface area contributed by atoms with E-state index in [1.807, 2.05) is 0 Å². The highest BCUT2D eigenvalue weighted by molar-refractivity contribution is 6.04. The van der Waals surface area contributed by atoms with E-state index in [1.165, 1.54) is 36.4 Å². The summed E-state index contributed by atoms with van der Waals surface area (Å²) in [5.41, 5.74) is 0.148. The van der Waals surface area contributed by atoms with Crippen molar-refractivity contribution in [3.63, 3.8) is 0 Å². The SMILES string of the molecule is CC(C)[C@@H]1CC[C@@H](C)C[C@@H]1OC(=O)c1ccccc1C(=O)OCC(=O)c1ccc([N+](=O)[O-])cc1. The molecule has 1 saturated carbocycles. The van der Waals surface area contributed by atoms with Crippen LogP contribution in [-0.4, -0.2) is 35.4 Å². The van der Waals surface area contributed by atoms with Crippen LogP contribution in [0.15, 0.2) is 48.5 Å². The number of esters is 2. The third kappa shape index (κ3) is 6.07. The summed E-state index contributed by atoms with van der Waals surface area (Å²) in [6, 6.07) is 11.2. The highest BCUT2D eigenvalue weighted by Gasteiger charge is 2.34. The molecule has 8 heteroatoms. The van der Waals surface area contributed by atoms with Crippen LogP contribution in [0.4, 0.5) is 5.69 Å². The normalized spacial score (nSPS) is 19.9. The van der Waals surface area contributed by atoms with Gasteiger partial charge in [-0.2, -0.15) is 0 Å². The summed E-state index contributed by atoms with van der Waals surface area (Å²) in [7, 11) is 0. The molecule has 0 unspecified atom stereocenters. The van der Waals surface area contributed by atoms with Crippen LogP contribution in [0.1, 0.15) is 71.1 Å². The third-order valence-corrected chi connectivity index (χ3v) is 6.32. The van der Waals surface area contributed by atoms with Gasteiger partial charge in [0.05, 0.1) is 16.1 Å². The van der Waals surface area contributed by atoms with Gasteiger partial charge < -0.3 is 9.47 Å². The van der Waals surface area contributed by atoms with Crippen LogP contribution in [0, 0.1) is 27.9 Å². The molecule has 0 spiro atoms. The van der Waals surface area contributed by atoms with E-state index in [1.54, 1.807) is 12.1 Å². The number of benzene rings is 2. The van der Waals surface area contributed by atoms with Crippen molar-refractivity contribution in [3.05, 3.63) is 75.3 Å². The van der Waals surface area contributed by atoms with Crippen molar-refractivity contribution in [3.8, 4) is 0 Å². The van der Waals surface area contributed by atoms with Gasteiger partial charge >= 0.3 is 11.9 Å². The van der Waals surface area contributed by atoms with Gasteiger partial charge in [0.1, 0.15) is 6.10 Å². The number of non-ortho nitro benzene ring substituents is 1. The van der Waals surface area contributed by atoms with E-state index in [-0.39, 0.29) is 34.4 Å². The first-order valence-corrected chi connectivity index (χ1v) is 11.4. The Morgan fingerprint density at radius 2 is 1.62 bits per heavy atom. The smallest absolute Gasteiger partial charge is 0.339 e. The monoisotopic (exact) mass is 467 g/mol. The molecule has 8 nitrogen and oxygen atoms in total. The summed E-state index contributed by atoms with van der Waals surface area (Å²) < 4.78 is 11.0. The second kappa shape index (κ2) is 11.0. The zero-order valence-corrected chi connectivity index (χ0v) is 19.6. The number of carbonyl (C=O) groups is 3. The maximum atomic E-state index is 13.0. The van der Waals surface area contributed by atoms with E-state index in [0.717, 1.165) is 19.3 Å². The molecule has 0 radical (unpaired) electrons. The minimum Gasteiger partial charge on any atom is -0.458 e. The second-order valence-electron chi connectivity index (χ2n) is 9.12. The van der Waals surface area contributed by atoms with Crippen LogP contribution in [0.5, 0.6) is 0 Å². The van der Waals surface area contributed by atoms with Gasteiger partial charge in [-0.15, -0.1) is 0 Å². The third-order valence-electron chi connectivity index (χ3n) is 6.32. The Morgan fingerprint density at radius 1 is 1.00 bits per heavy atom. The summed E-state index contributed by atoms with van der Waals surface area (Å²) in [6.45, 7) is 5.82. The Bertz CT molecular complexity index is 1060. The van der Waals surface area contributed by atoms with Crippen LogP contribution < -0.4 is 0 Å². The summed E-state index contributed by atoms with van der Waals surface area (Å²) >= 11 is 0. The topological polar surface area (TPSA) is 113 Å². The quantitative estimate of drug-likeness (QED) is 0.225. The molecule has 0 aliphatic heterocycles. The lowest BCUT2D eigenvalue weighted by Gasteiger charge is -2.36. The standard InChI is InChI=1S/C26H29NO7/c1-16(2)20-13-8-17(3)14-24(20)34-26(30)22-7-5-4-6-21(22)25(29)33-15-23(28)18-9-11-19(12-10-18)27(31)32/h4-7,9-12,16-17,20,24H,8,13-15H2,1-3H3/t17-,20+,24+/m1/s1. The molecule has 180 valence electrons. The highest BCUT2D eigenvalue weighted by atomic mass is 16.6. The van der Waals surface area contributed by atoms with Crippen LogP contribution in [-0.2, 0) is 9.47 Å². The molecule has 0 N–H and O–H groups in total. The first kappa shape index (κ1) is 25.1. The van der Waals surface area contributed by atoms with Crippen molar-refractivity contribution in [2.24, 2.45) is 17.8 Å². The maximum Gasteiger partial charge on any atom is 0.339 e. The average molecular weight is 468 g/mol. The zero-order valence-electron chi connectivity index (χ0n) is 19.6. The average Bonchev–Trinajstić information content (AvgIpc) is 2.82. The molecular formula is C26H29NO7. The van der Waals surface area contributed by atoms with Crippen LogP contribution >= 0.6 is 0 Å². The molecule has 0 heterocycles. The molecule has 3 atom stereocenters. The number of ether oxygens (including phenoxy) is 2. The number of nitro groups is 1. The van der Waals surface area contributed by atoms with Crippen molar-refractivity contribution in [1.82, 2.24) is 0 Å². The molecule has 0 aromatic heterocycles. The Hall–Kier alpha value is -3.55.